The third kappa shape index (κ3) is 17.6. The SMILES string of the molecule is CCCCCCCCCCCCCCCCN=CCO. The Bertz CT molecular complexity index is 192. The molecule has 2 heteroatoms. The Morgan fingerprint density at radius 3 is 1.45 bits per heavy atom. The lowest BCUT2D eigenvalue weighted by Crippen LogP contribution is -1.87. The van der Waals surface area contributed by atoms with Gasteiger partial charge in [0.1, 0.15) is 0 Å². The van der Waals surface area contributed by atoms with Gasteiger partial charge in [0.05, 0.1) is 6.61 Å². The zero-order valence-electron chi connectivity index (χ0n) is 13.8. The van der Waals surface area contributed by atoms with Crippen LogP contribution in [-0.4, -0.2) is 24.5 Å². The van der Waals surface area contributed by atoms with Gasteiger partial charge in [-0.3, -0.25) is 4.99 Å². The summed E-state index contributed by atoms with van der Waals surface area (Å²) in [6.45, 7) is 3.25. The largest absolute Gasteiger partial charge is 0.391 e. The van der Waals surface area contributed by atoms with Crippen LogP contribution < -0.4 is 0 Å². The summed E-state index contributed by atoms with van der Waals surface area (Å²) < 4.78 is 0. The molecular formula is C18H37NO. The van der Waals surface area contributed by atoms with E-state index in [-0.39, 0.29) is 6.61 Å². The highest BCUT2D eigenvalue weighted by Gasteiger charge is 1.93. The number of nitrogens with zero attached hydrogens (tertiary/aromatic N) is 1. The molecule has 0 aromatic heterocycles. The summed E-state index contributed by atoms with van der Waals surface area (Å²) in [4.78, 5) is 4.11. The van der Waals surface area contributed by atoms with Gasteiger partial charge in [-0.15, -0.1) is 0 Å². The Morgan fingerprint density at radius 2 is 1.05 bits per heavy atom. The van der Waals surface area contributed by atoms with Crippen molar-refractivity contribution in [1.82, 2.24) is 0 Å². The molecule has 0 saturated carbocycles. The summed E-state index contributed by atoms with van der Waals surface area (Å²) in [7, 11) is 0. The fourth-order valence-corrected chi connectivity index (χ4v) is 2.55. The van der Waals surface area contributed by atoms with Crippen LogP contribution in [0.4, 0.5) is 0 Å². The first kappa shape index (κ1) is 19.6. The second-order valence-electron chi connectivity index (χ2n) is 5.87. The lowest BCUT2D eigenvalue weighted by molar-refractivity contribution is 0.361. The number of hydrogen-bond donors (Lipinski definition) is 1. The smallest absolute Gasteiger partial charge is 0.0779 e. The van der Waals surface area contributed by atoms with E-state index in [2.05, 4.69) is 11.9 Å². The number of unbranched alkanes of at least 4 members (excludes halogenated alkanes) is 13. The van der Waals surface area contributed by atoms with Gasteiger partial charge in [0.2, 0.25) is 0 Å². The average Bonchev–Trinajstić information content (AvgIpc) is 2.47. The quantitative estimate of drug-likeness (QED) is 0.293. The van der Waals surface area contributed by atoms with Gasteiger partial charge >= 0.3 is 0 Å². The fraction of sp³-hybridized carbons (Fsp3) is 0.944. The van der Waals surface area contributed by atoms with Crippen molar-refractivity contribution in [2.75, 3.05) is 13.2 Å². The molecule has 1 N–H and O–H groups in total. The van der Waals surface area contributed by atoms with E-state index in [1.54, 1.807) is 6.21 Å². The first-order valence-electron chi connectivity index (χ1n) is 9.01. The van der Waals surface area contributed by atoms with Gasteiger partial charge in [-0.25, -0.2) is 0 Å². The molecule has 0 heterocycles. The van der Waals surface area contributed by atoms with Crippen molar-refractivity contribution in [3.63, 3.8) is 0 Å². The van der Waals surface area contributed by atoms with Crippen LogP contribution in [0.2, 0.25) is 0 Å². The summed E-state index contributed by atoms with van der Waals surface area (Å²) >= 11 is 0. The van der Waals surface area contributed by atoms with Gasteiger partial charge in [0.15, 0.2) is 0 Å². The van der Waals surface area contributed by atoms with E-state index in [0.29, 0.717) is 0 Å². The molecule has 0 aliphatic carbocycles. The zero-order chi connectivity index (χ0) is 14.7. The molecule has 0 saturated heterocycles. The average molecular weight is 283 g/mol. The van der Waals surface area contributed by atoms with Crippen molar-refractivity contribution in [1.29, 1.82) is 0 Å². The van der Waals surface area contributed by atoms with E-state index < -0.39 is 0 Å². The molecule has 0 rings (SSSR count). The Labute approximate surface area is 127 Å². The third-order valence-corrected chi connectivity index (χ3v) is 3.85. The molecule has 2 nitrogen and oxygen atoms in total. The standard InChI is InChI=1S/C18H37NO/c1-2-3-4-5-6-7-8-9-10-11-12-13-14-15-16-19-17-18-20/h17,20H,2-16,18H2,1H3. The second kappa shape index (κ2) is 18.6. The molecule has 20 heavy (non-hydrogen) atoms. The normalized spacial score (nSPS) is 11.5. The molecule has 0 fully saturated rings. The van der Waals surface area contributed by atoms with Crippen molar-refractivity contribution in [3.05, 3.63) is 0 Å². The molecule has 0 aliphatic heterocycles. The molecule has 0 spiro atoms. The molecular weight excluding hydrogens is 246 g/mol. The minimum absolute atomic E-state index is 0.0819. The Hall–Kier alpha value is -0.370. The maximum Gasteiger partial charge on any atom is 0.0779 e. The Balaban J connectivity index is 2.94. The molecule has 0 aliphatic rings. The Kier molecular flexibility index (Phi) is 18.3. The lowest BCUT2D eigenvalue weighted by atomic mass is 10.0. The van der Waals surface area contributed by atoms with E-state index >= 15 is 0 Å². The van der Waals surface area contributed by atoms with Gasteiger partial charge in [-0.2, -0.15) is 0 Å². The van der Waals surface area contributed by atoms with Crippen LogP contribution >= 0.6 is 0 Å². The van der Waals surface area contributed by atoms with Crippen LogP contribution in [0.1, 0.15) is 96.8 Å². The van der Waals surface area contributed by atoms with Crippen molar-refractivity contribution in [2.24, 2.45) is 4.99 Å². The number of aliphatic imine (C=N–C) groups is 1. The topological polar surface area (TPSA) is 32.6 Å². The monoisotopic (exact) mass is 283 g/mol. The van der Waals surface area contributed by atoms with Gasteiger partial charge < -0.3 is 5.11 Å². The molecule has 0 unspecified atom stereocenters. The van der Waals surface area contributed by atoms with Crippen molar-refractivity contribution in [2.45, 2.75) is 96.8 Å². The first-order valence-corrected chi connectivity index (χ1v) is 9.01. The molecule has 0 aromatic rings. The van der Waals surface area contributed by atoms with E-state index in [9.17, 15) is 0 Å². The van der Waals surface area contributed by atoms with Crippen LogP contribution in [0.15, 0.2) is 4.99 Å². The van der Waals surface area contributed by atoms with Gasteiger partial charge in [0, 0.05) is 12.8 Å². The lowest BCUT2D eigenvalue weighted by Gasteiger charge is -2.02. The van der Waals surface area contributed by atoms with Crippen LogP contribution in [0.3, 0.4) is 0 Å². The van der Waals surface area contributed by atoms with Crippen molar-refractivity contribution >= 4 is 6.21 Å². The number of hydrogen-bond acceptors (Lipinski definition) is 2. The highest BCUT2D eigenvalue weighted by molar-refractivity contribution is 5.57. The number of rotatable bonds is 16. The van der Waals surface area contributed by atoms with Gasteiger partial charge in [-0.1, -0.05) is 90.4 Å². The molecule has 0 aromatic carbocycles. The number of aliphatic hydroxyl groups excluding tert-OH is 1. The fourth-order valence-electron chi connectivity index (χ4n) is 2.55. The summed E-state index contributed by atoms with van der Waals surface area (Å²) in [6.07, 6.45) is 21.1. The van der Waals surface area contributed by atoms with Crippen LogP contribution in [0.5, 0.6) is 0 Å². The molecule has 0 radical (unpaired) electrons. The predicted molar refractivity (Wildman–Crippen MR) is 90.8 cm³/mol. The van der Waals surface area contributed by atoms with E-state index in [1.165, 1.54) is 89.9 Å². The van der Waals surface area contributed by atoms with Crippen LogP contribution in [0, 0.1) is 0 Å². The first-order chi connectivity index (χ1) is 9.91. The second-order valence-corrected chi connectivity index (χ2v) is 5.87. The van der Waals surface area contributed by atoms with Crippen molar-refractivity contribution in [3.8, 4) is 0 Å². The summed E-state index contributed by atoms with van der Waals surface area (Å²) in [5, 5.41) is 8.53. The number of aliphatic hydroxyl groups is 1. The third-order valence-electron chi connectivity index (χ3n) is 3.85. The maximum absolute atomic E-state index is 8.53. The van der Waals surface area contributed by atoms with Crippen LogP contribution in [0.25, 0.3) is 0 Å². The minimum atomic E-state index is 0.0819. The van der Waals surface area contributed by atoms with E-state index in [1.807, 2.05) is 0 Å². The molecule has 120 valence electrons. The summed E-state index contributed by atoms with van der Waals surface area (Å²) in [5.41, 5.74) is 0. The minimum Gasteiger partial charge on any atom is -0.391 e. The van der Waals surface area contributed by atoms with Gasteiger partial charge in [-0.05, 0) is 6.42 Å². The Morgan fingerprint density at radius 1 is 0.650 bits per heavy atom. The van der Waals surface area contributed by atoms with Crippen LogP contribution in [-0.2, 0) is 0 Å². The highest BCUT2D eigenvalue weighted by atomic mass is 16.2. The van der Waals surface area contributed by atoms with E-state index in [0.717, 1.165) is 6.54 Å². The summed E-state index contributed by atoms with van der Waals surface area (Å²) in [5.74, 6) is 0. The predicted octanol–water partition coefficient (Wildman–Crippen LogP) is 5.53. The molecule has 0 bridgehead atoms. The van der Waals surface area contributed by atoms with Crippen molar-refractivity contribution < 1.29 is 5.11 Å². The van der Waals surface area contributed by atoms with E-state index in [4.69, 9.17) is 5.11 Å². The molecule has 0 atom stereocenters. The highest BCUT2D eigenvalue weighted by Crippen LogP contribution is 2.12. The van der Waals surface area contributed by atoms with Gasteiger partial charge in [0.25, 0.3) is 0 Å². The maximum atomic E-state index is 8.53. The zero-order valence-corrected chi connectivity index (χ0v) is 13.8. The molecule has 0 amide bonds. The summed E-state index contributed by atoms with van der Waals surface area (Å²) in [6, 6.07) is 0.